The molecule has 0 bridgehead atoms. The summed E-state index contributed by atoms with van der Waals surface area (Å²) in [6.07, 6.45) is 0.114. The molecule has 0 amide bonds. The topological polar surface area (TPSA) is 12.5 Å². The number of hydrogen-bond donors (Lipinski definition) is 0. The lowest BCUT2D eigenvalue weighted by atomic mass is 9.85. The van der Waals surface area contributed by atoms with Crippen LogP contribution in [0.5, 0.6) is 0 Å². The molecule has 3 atom stereocenters. The van der Waals surface area contributed by atoms with Crippen molar-refractivity contribution in [2.75, 3.05) is 7.11 Å². The van der Waals surface area contributed by atoms with Gasteiger partial charge in [0, 0.05) is 23.5 Å². The number of thioether (sulfide) groups is 1. The average Bonchev–Trinajstić information content (AvgIpc) is 2.21. The second-order valence-electron chi connectivity index (χ2n) is 5.82. The van der Waals surface area contributed by atoms with Gasteiger partial charge in [-0.05, 0) is 19.4 Å². The van der Waals surface area contributed by atoms with Crippen molar-refractivity contribution in [3.63, 3.8) is 0 Å². The van der Waals surface area contributed by atoms with Crippen LogP contribution in [0.25, 0.3) is 0 Å². The number of rotatable bonds is 1. The summed E-state index contributed by atoms with van der Waals surface area (Å²) in [5.74, 6) is 0. The van der Waals surface area contributed by atoms with Gasteiger partial charge in [-0.2, -0.15) is 0 Å². The molecule has 0 aromatic heterocycles. The largest absolute Gasteiger partial charge is 0.371 e. The normalized spacial score (nSPS) is 33.6. The lowest BCUT2D eigenvalue weighted by molar-refractivity contribution is 0.0718. The number of methoxy groups -OCH3 is 1. The quantitative estimate of drug-likeness (QED) is 0.677. The van der Waals surface area contributed by atoms with Crippen molar-refractivity contribution in [2.45, 2.75) is 51.3 Å². The molecule has 96 valence electrons. The highest BCUT2D eigenvalue weighted by molar-refractivity contribution is 8.01. The van der Waals surface area contributed by atoms with Crippen LogP contribution in [0.2, 0.25) is 0 Å². The van der Waals surface area contributed by atoms with Crippen molar-refractivity contribution in [3.05, 3.63) is 11.3 Å². The van der Waals surface area contributed by atoms with Crippen molar-refractivity contribution in [1.29, 1.82) is 0 Å². The van der Waals surface area contributed by atoms with Gasteiger partial charge in [-0.25, -0.2) is 0 Å². The number of ether oxygens (including phenoxy) is 1. The van der Waals surface area contributed by atoms with Crippen LogP contribution in [0.1, 0.15) is 34.6 Å². The Morgan fingerprint density at radius 3 is 2.41 bits per heavy atom. The molecule has 17 heavy (non-hydrogen) atoms. The van der Waals surface area contributed by atoms with Gasteiger partial charge in [0.2, 0.25) is 0 Å². The Hall–Kier alpha value is -0.0600. The van der Waals surface area contributed by atoms with E-state index in [1.165, 1.54) is 11.3 Å². The summed E-state index contributed by atoms with van der Waals surface area (Å²) in [7, 11) is 1.75. The van der Waals surface area contributed by atoms with Gasteiger partial charge >= 0.3 is 0 Å². The van der Waals surface area contributed by atoms with E-state index < -0.39 is 0 Å². The minimum atomic E-state index is 0.114. The summed E-state index contributed by atoms with van der Waals surface area (Å²) in [5, 5.41) is 0.923. The maximum Gasteiger partial charge on any atom is 0.138 e. The molecule has 0 spiro atoms. The third kappa shape index (κ3) is 1.94. The van der Waals surface area contributed by atoms with Crippen LogP contribution >= 0.6 is 24.0 Å². The third-order valence-electron chi connectivity index (χ3n) is 3.53. The molecule has 2 nitrogen and oxygen atoms in total. The highest BCUT2D eigenvalue weighted by Crippen LogP contribution is 2.49. The number of fused-ring (bicyclic) bond motifs is 1. The maximum atomic E-state index is 5.49. The molecule has 2 rings (SSSR count). The van der Waals surface area contributed by atoms with Gasteiger partial charge in [0.1, 0.15) is 16.5 Å². The van der Waals surface area contributed by atoms with Crippen molar-refractivity contribution in [2.24, 2.45) is 5.41 Å². The molecule has 0 aromatic carbocycles. The van der Waals surface area contributed by atoms with Gasteiger partial charge in [-0.3, -0.25) is 0 Å². The second kappa shape index (κ2) is 4.25. The van der Waals surface area contributed by atoms with Crippen LogP contribution in [0, 0.1) is 5.41 Å². The molecular weight excluding hydrogens is 250 g/mol. The predicted octanol–water partition coefficient (Wildman–Crippen LogP) is 3.43. The standard InChI is InChI=1S/C13H21NOS2/c1-7-8(2)17-12-9(15-6)11(16)14(12)10(7)13(3,4)5/h8-9,12H,1-6H3/t8?,9-,12+/m0/s1. The van der Waals surface area contributed by atoms with E-state index in [0.29, 0.717) is 10.6 Å². The lowest BCUT2D eigenvalue weighted by Gasteiger charge is -2.56. The molecule has 0 N–H and O–H groups in total. The summed E-state index contributed by atoms with van der Waals surface area (Å²) in [5.41, 5.74) is 2.99. The summed E-state index contributed by atoms with van der Waals surface area (Å²) in [4.78, 5) is 3.25. The summed E-state index contributed by atoms with van der Waals surface area (Å²) in [6.45, 7) is 11.3. The Kier molecular flexibility index (Phi) is 3.34. The van der Waals surface area contributed by atoms with Crippen LogP contribution < -0.4 is 0 Å². The molecule has 0 aliphatic carbocycles. The molecule has 2 aliphatic heterocycles. The zero-order valence-electron chi connectivity index (χ0n) is 11.4. The molecule has 0 aromatic rings. The van der Waals surface area contributed by atoms with Gasteiger partial charge in [0.05, 0.1) is 0 Å². The molecular formula is C13H21NOS2. The van der Waals surface area contributed by atoms with Crippen LogP contribution in [0.15, 0.2) is 11.3 Å². The fourth-order valence-corrected chi connectivity index (χ4v) is 4.71. The fourth-order valence-electron chi connectivity index (χ4n) is 2.67. The van der Waals surface area contributed by atoms with E-state index in [9.17, 15) is 0 Å². The van der Waals surface area contributed by atoms with Crippen molar-refractivity contribution < 1.29 is 4.74 Å². The summed E-state index contributed by atoms with van der Waals surface area (Å²) in [6, 6.07) is 0. The molecule has 0 radical (unpaired) electrons. The zero-order chi connectivity index (χ0) is 13.0. The van der Waals surface area contributed by atoms with E-state index in [1.807, 2.05) is 11.8 Å². The number of allylic oxidation sites excluding steroid dienone is 1. The summed E-state index contributed by atoms with van der Waals surface area (Å²) >= 11 is 7.45. The van der Waals surface area contributed by atoms with Gasteiger partial charge < -0.3 is 9.64 Å². The molecule has 2 aliphatic rings. The first kappa shape index (κ1) is 13.4. The molecule has 4 heteroatoms. The van der Waals surface area contributed by atoms with E-state index in [1.54, 1.807) is 7.11 Å². The van der Waals surface area contributed by atoms with Crippen LogP contribution in [-0.2, 0) is 4.74 Å². The van der Waals surface area contributed by atoms with Crippen molar-refractivity contribution in [1.82, 2.24) is 4.90 Å². The molecule has 1 unspecified atom stereocenters. The number of thiocarbonyl (C=S) groups is 1. The van der Waals surface area contributed by atoms with E-state index >= 15 is 0 Å². The highest BCUT2D eigenvalue weighted by Gasteiger charge is 2.52. The lowest BCUT2D eigenvalue weighted by Crippen LogP contribution is -2.65. The SMILES string of the molecule is CO[C@H]1C(=S)N2C(C(C)(C)C)=C(C)C(C)S[C@H]12. The van der Waals surface area contributed by atoms with E-state index in [0.717, 1.165) is 4.99 Å². The van der Waals surface area contributed by atoms with E-state index in [2.05, 4.69) is 39.5 Å². The molecule has 1 fully saturated rings. The van der Waals surface area contributed by atoms with Gasteiger partial charge in [0.15, 0.2) is 0 Å². The number of hydrogen-bond acceptors (Lipinski definition) is 3. The minimum Gasteiger partial charge on any atom is -0.371 e. The van der Waals surface area contributed by atoms with Crippen molar-refractivity contribution in [3.8, 4) is 0 Å². The molecule has 0 saturated carbocycles. The maximum absolute atomic E-state index is 5.49. The minimum absolute atomic E-state index is 0.114. The van der Waals surface area contributed by atoms with Crippen LogP contribution in [-0.4, -0.2) is 33.7 Å². The summed E-state index contributed by atoms with van der Waals surface area (Å²) < 4.78 is 5.49. The van der Waals surface area contributed by atoms with Gasteiger partial charge in [0.25, 0.3) is 0 Å². The first-order chi connectivity index (χ1) is 7.79. The Balaban J connectivity index is 2.41. The monoisotopic (exact) mass is 271 g/mol. The second-order valence-corrected chi connectivity index (χ2v) is 7.70. The van der Waals surface area contributed by atoms with E-state index in [4.69, 9.17) is 17.0 Å². The van der Waals surface area contributed by atoms with Crippen LogP contribution in [0.3, 0.4) is 0 Å². The molecule has 1 saturated heterocycles. The van der Waals surface area contributed by atoms with Crippen molar-refractivity contribution >= 4 is 29.0 Å². The predicted molar refractivity (Wildman–Crippen MR) is 78.2 cm³/mol. The van der Waals surface area contributed by atoms with Crippen LogP contribution in [0.4, 0.5) is 0 Å². The number of nitrogens with zero attached hydrogens (tertiary/aromatic N) is 1. The fraction of sp³-hybridized carbons (Fsp3) is 0.769. The Bertz CT molecular complexity index is 383. The Morgan fingerprint density at radius 1 is 1.35 bits per heavy atom. The van der Waals surface area contributed by atoms with Gasteiger partial charge in [-0.15, -0.1) is 11.8 Å². The Labute approximate surface area is 114 Å². The smallest absolute Gasteiger partial charge is 0.138 e. The van der Waals surface area contributed by atoms with Gasteiger partial charge in [-0.1, -0.05) is 33.0 Å². The third-order valence-corrected chi connectivity index (χ3v) is 5.45. The zero-order valence-corrected chi connectivity index (χ0v) is 13.0. The highest BCUT2D eigenvalue weighted by atomic mass is 32.2. The Morgan fingerprint density at radius 2 is 1.94 bits per heavy atom. The first-order valence-electron chi connectivity index (χ1n) is 6.01. The first-order valence-corrected chi connectivity index (χ1v) is 7.36. The average molecular weight is 271 g/mol. The molecule has 2 heterocycles. The van der Waals surface area contributed by atoms with E-state index in [-0.39, 0.29) is 11.5 Å².